The van der Waals surface area contributed by atoms with E-state index < -0.39 is 0 Å². The molecule has 94 valence electrons. The minimum absolute atomic E-state index is 0.651. The van der Waals surface area contributed by atoms with Crippen LogP contribution >= 0.6 is 0 Å². The highest BCUT2D eigenvalue weighted by molar-refractivity contribution is 5.47. The molecule has 0 atom stereocenters. The van der Waals surface area contributed by atoms with Crippen molar-refractivity contribution in [2.24, 2.45) is 0 Å². The summed E-state index contributed by atoms with van der Waals surface area (Å²) >= 11 is 0. The van der Waals surface area contributed by atoms with Crippen LogP contribution in [-0.2, 0) is 13.0 Å². The predicted octanol–water partition coefficient (Wildman–Crippen LogP) is 2.50. The Hall–Kier alpha value is -1.68. The molecular formula is C14H17N3O. The number of aryl methyl sites for hydroxylation is 1. The van der Waals surface area contributed by atoms with Gasteiger partial charge in [-0.2, -0.15) is 0 Å². The predicted molar refractivity (Wildman–Crippen MR) is 69.0 cm³/mol. The highest BCUT2D eigenvalue weighted by Crippen LogP contribution is 2.24. The number of fused-ring (bicyclic) bond motifs is 1. The summed E-state index contributed by atoms with van der Waals surface area (Å²) in [6.07, 6.45) is 3.92. The maximum absolute atomic E-state index is 5.89. The molecular weight excluding hydrogens is 226 g/mol. The molecule has 0 radical (unpaired) electrons. The number of oxazole rings is 1. The first-order valence-corrected chi connectivity index (χ1v) is 6.49. The fourth-order valence-corrected chi connectivity index (χ4v) is 2.32. The third-order valence-corrected chi connectivity index (χ3v) is 3.36. The quantitative estimate of drug-likeness (QED) is 0.812. The second-order valence-corrected chi connectivity index (χ2v) is 4.58. The molecule has 18 heavy (non-hydrogen) atoms. The van der Waals surface area contributed by atoms with Gasteiger partial charge in [0, 0.05) is 6.20 Å². The summed E-state index contributed by atoms with van der Waals surface area (Å²) in [5.41, 5.74) is 1.92. The maximum atomic E-state index is 5.89. The van der Waals surface area contributed by atoms with E-state index in [9.17, 15) is 0 Å². The van der Waals surface area contributed by atoms with Crippen LogP contribution in [-0.4, -0.2) is 28.0 Å². The van der Waals surface area contributed by atoms with Crippen molar-refractivity contribution in [3.63, 3.8) is 0 Å². The van der Waals surface area contributed by atoms with Crippen molar-refractivity contribution in [1.82, 2.24) is 14.9 Å². The van der Waals surface area contributed by atoms with Gasteiger partial charge >= 0.3 is 0 Å². The lowest BCUT2D eigenvalue weighted by atomic mass is 10.2. The van der Waals surface area contributed by atoms with Crippen LogP contribution in [0.25, 0.3) is 11.6 Å². The summed E-state index contributed by atoms with van der Waals surface area (Å²) in [6.45, 7) is 5.23. The molecule has 0 aromatic carbocycles. The molecule has 1 aliphatic rings. The number of hydrogen-bond donors (Lipinski definition) is 0. The molecule has 0 unspecified atom stereocenters. The van der Waals surface area contributed by atoms with Gasteiger partial charge in [0.2, 0.25) is 5.89 Å². The van der Waals surface area contributed by atoms with E-state index in [1.165, 1.54) is 0 Å². The minimum Gasteiger partial charge on any atom is -0.438 e. The molecule has 0 bridgehead atoms. The first-order chi connectivity index (χ1) is 8.86. The zero-order valence-electron chi connectivity index (χ0n) is 10.6. The van der Waals surface area contributed by atoms with Crippen molar-refractivity contribution in [1.29, 1.82) is 0 Å². The second-order valence-electron chi connectivity index (χ2n) is 4.58. The van der Waals surface area contributed by atoms with Gasteiger partial charge in [-0.3, -0.25) is 9.88 Å². The normalized spacial score (nSPS) is 16.3. The molecule has 3 rings (SSSR count). The van der Waals surface area contributed by atoms with Gasteiger partial charge in [-0.1, -0.05) is 13.0 Å². The first kappa shape index (κ1) is 11.4. The van der Waals surface area contributed by atoms with Crippen LogP contribution in [0.15, 0.2) is 28.8 Å². The van der Waals surface area contributed by atoms with Gasteiger partial charge in [0.25, 0.3) is 0 Å². The molecule has 4 nitrogen and oxygen atoms in total. The van der Waals surface area contributed by atoms with Gasteiger partial charge in [-0.05, 0) is 38.1 Å². The Labute approximate surface area is 107 Å². The molecule has 0 saturated carbocycles. The van der Waals surface area contributed by atoms with Gasteiger partial charge in [0.1, 0.15) is 11.5 Å². The molecule has 0 N–H and O–H groups in total. The summed E-state index contributed by atoms with van der Waals surface area (Å²) < 4.78 is 5.89. The summed E-state index contributed by atoms with van der Waals surface area (Å²) in [5.74, 6) is 1.66. The van der Waals surface area contributed by atoms with Gasteiger partial charge in [0.05, 0.1) is 12.2 Å². The first-order valence-electron chi connectivity index (χ1n) is 6.49. The summed E-state index contributed by atoms with van der Waals surface area (Å²) in [4.78, 5) is 11.3. The van der Waals surface area contributed by atoms with Crippen molar-refractivity contribution in [2.75, 3.05) is 13.1 Å². The number of hydrogen-bond acceptors (Lipinski definition) is 4. The molecule has 0 aliphatic carbocycles. The van der Waals surface area contributed by atoms with E-state index in [1.54, 1.807) is 6.20 Å². The van der Waals surface area contributed by atoms with Gasteiger partial charge in [-0.15, -0.1) is 0 Å². The van der Waals surface area contributed by atoms with Crippen molar-refractivity contribution < 1.29 is 4.42 Å². The molecule has 3 heterocycles. The van der Waals surface area contributed by atoms with Crippen LogP contribution in [0, 0.1) is 0 Å². The Morgan fingerprint density at radius 1 is 1.39 bits per heavy atom. The third kappa shape index (κ3) is 2.16. The van der Waals surface area contributed by atoms with Crippen LogP contribution in [0.5, 0.6) is 0 Å². The van der Waals surface area contributed by atoms with E-state index in [0.29, 0.717) is 5.89 Å². The summed E-state index contributed by atoms with van der Waals surface area (Å²) in [5, 5.41) is 0. The second kappa shape index (κ2) is 4.90. The largest absolute Gasteiger partial charge is 0.438 e. The fourth-order valence-electron chi connectivity index (χ4n) is 2.32. The lowest BCUT2D eigenvalue weighted by Crippen LogP contribution is -2.22. The summed E-state index contributed by atoms with van der Waals surface area (Å²) in [6, 6.07) is 5.79. The van der Waals surface area contributed by atoms with Crippen LogP contribution in [0.2, 0.25) is 0 Å². The topological polar surface area (TPSA) is 42.2 Å². The van der Waals surface area contributed by atoms with E-state index in [1.807, 2.05) is 18.2 Å². The van der Waals surface area contributed by atoms with Gasteiger partial charge in [0.15, 0.2) is 0 Å². The Balaban J connectivity index is 1.93. The molecule has 0 saturated heterocycles. The van der Waals surface area contributed by atoms with Crippen molar-refractivity contribution in [2.45, 2.75) is 26.3 Å². The number of aromatic nitrogens is 2. The third-order valence-electron chi connectivity index (χ3n) is 3.36. The lowest BCUT2D eigenvalue weighted by Gasteiger charge is -2.15. The van der Waals surface area contributed by atoms with E-state index in [4.69, 9.17) is 4.42 Å². The van der Waals surface area contributed by atoms with Crippen LogP contribution in [0.1, 0.15) is 24.8 Å². The average molecular weight is 243 g/mol. The maximum Gasteiger partial charge on any atom is 0.245 e. The molecule has 2 aromatic heterocycles. The Bertz CT molecular complexity index is 521. The molecule has 4 heteroatoms. The van der Waals surface area contributed by atoms with Crippen LogP contribution in [0.4, 0.5) is 0 Å². The number of rotatable bonds is 2. The summed E-state index contributed by atoms with van der Waals surface area (Å²) in [7, 11) is 0. The number of pyridine rings is 1. The Kier molecular flexibility index (Phi) is 3.11. The van der Waals surface area contributed by atoms with E-state index in [2.05, 4.69) is 21.8 Å². The van der Waals surface area contributed by atoms with Crippen LogP contribution in [0.3, 0.4) is 0 Å². The Morgan fingerprint density at radius 3 is 3.11 bits per heavy atom. The molecule has 0 amide bonds. The Morgan fingerprint density at radius 2 is 2.33 bits per heavy atom. The zero-order chi connectivity index (χ0) is 12.4. The average Bonchev–Trinajstić information content (AvgIpc) is 2.72. The van der Waals surface area contributed by atoms with E-state index in [-0.39, 0.29) is 0 Å². The molecule has 0 spiro atoms. The van der Waals surface area contributed by atoms with Crippen molar-refractivity contribution in [3.8, 4) is 11.6 Å². The van der Waals surface area contributed by atoms with E-state index in [0.717, 1.165) is 49.6 Å². The SMILES string of the molecule is CCN1CCCc2nc(-c3ccccn3)oc2C1. The minimum atomic E-state index is 0.651. The zero-order valence-corrected chi connectivity index (χ0v) is 10.6. The highest BCUT2D eigenvalue weighted by Gasteiger charge is 2.20. The van der Waals surface area contributed by atoms with Crippen molar-refractivity contribution in [3.05, 3.63) is 35.9 Å². The van der Waals surface area contributed by atoms with Crippen molar-refractivity contribution >= 4 is 0 Å². The smallest absolute Gasteiger partial charge is 0.245 e. The fraction of sp³-hybridized carbons (Fsp3) is 0.429. The highest BCUT2D eigenvalue weighted by atomic mass is 16.4. The molecule has 1 aliphatic heterocycles. The molecule has 0 fully saturated rings. The lowest BCUT2D eigenvalue weighted by molar-refractivity contribution is 0.263. The van der Waals surface area contributed by atoms with Gasteiger partial charge in [-0.25, -0.2) is 4.98 Å². The van der Waals surface area contributed by atoms with Gasteiger partial charge < -0.3 is 4.42 Å². The molecule has 2 aromatic rings. The van der Waals surface area contributed by atoms with E-state index >= 15 is 0 Å². The number of nitrogens with zero attached hydrogens (tertiary/aromatic N) is 3. The van der Waals surface area contributed by atoms with Crippen LogP contribution < -0.4 is 0 Å². The standard InChI is InChI=1S/C14H17N3O/c1-2-17-9-5-7-11-13(10-17)18-14(16-11)12-6-3-4-8-15-12/h3-4,6,8H,2,5,7,9-10H2,1H3. The monoisotopic (exact) mass is 243 g/mol.